The number of hydrogen-bond acceptors (Lipinski definition) is 4. The molecule has 0 saturated heterocycles. The van der Waals surface area contributed by atoms with Crippen molar-refractivity contribution in [2.45, 2.75) is 32.1 Å². The van der Waals surface area contributed by atoms with Crippen LogP contribution in [0.15, 0.2) is 84.9 Å². The molecule has 8 heteroatoms. The third-order valence-electron chi connectivity index (χ3n) is 6.77. The molecule has 37 heavy (non-hydrogen) atoms. The fourth-order valence-electron chi connectivity index (χ4n) is 4.65. The fraction of sp³-hybridized carbons (Fsp3) is 0.207. The quantitative estimate of drug-likeness (QED) is 0.409. The van der Waals surface area contributed by atoms with Gasteiger partial charge in [0.2, 0.25) is 5.91 Å². The SMILES string of the molecule is COc1ccccc1CNC(=O)[C@@]1(C)Cn2nc(-c3ccccc3)cc2C(=O)N1Cc1ccccc1F. The lowest BCUT2D eigenvalue weighted by atomic mass is 9.93. The van der Waals surface area contributed by atoms with Crippen molar-refractivity contribution in [1.82, 2.24) is 20.0 Å². The Balaban J connectivity index is 1.50. The molecular weight excluding hydrogens is 471 g/mol. The van der Waals surface area contributed by atoms with Crippen LogP contribution in [0.1, 0.15) is 28.5 Å². The molecule has 3 aromatic carbocycles. The van der Waals surface area contributed by atoms with E-state index in [2.05, 4.69) is 10.4 Å². The smallest absolute Gasteiger partial charge is 0.273 e. The summed E-state index contributed by atoms with van der Waals surface area (Å²) in [6, 6.07) is 24.9. The van der Waals surface area contributed by atoms with Gasteiger partial charge < -0.3 is 15.0 Å². The largest absolute Gasteiger partial charge is 0.496 e. The van der Waals surface area contributed by atoms with E-state index in [4.69, 9.17) is 4.74 Å². The highest BCUT2D eigenvalue weighted by atomic mass is 19.1. The molecule has 2 amide bonds. The number of benzene rings is 3. The lowest BCUT2D eigenvalue weighted by Gasteiger charge is -2.43. The predicted molar refractivity (Wildman–Crippen MR) is 137 cm³/mol. The molecule has 1 aliphatic heterocycles. The van der Waals surface area contributed by atoms with Crippen molar-refractivity contribution in [2.75, 3.05) is 7.11 Å². The van der Waals surface area contributed by atoms with E-state index in [0.29, 0.717) is 22.7 Å². The first-order valence-electron chi connectivity index (χ1n) is 12.0. The van der Waals surface area contributed by atoms with Gasteiger partial charge in [0, 0.05) is 23.2 Å². The molecule has 1 aromatic heterocycles. The van der Waals surface area contributed by atoms with Crippen molar-refractivity contribution in [3.05, 3.63) is 108 Å². The molecule has 0 saturated carbocycles. The summed E-state index contributed by atoms with van der Waals surface area (Å²) in [7, 11) is 1.57. The van der Waals surface area contributed by atoms with Gasteiger partial charge in [0.25, 0.3) is 5.91 Å². The van der Waals surface area contributed by atoms with E-state index in [-0.39, 0.29) is 31.4 Å². The van der Waals surface area contributed by atoms with Crippen LogP contribution in [0.5, 0.6) is 5.75 Å². The van der Waals surface area contributed by atoms with E-state index in [1.54, 1.807) is 43.0 Å². The number of rotatable bonds is 7. The van der Waals surface area contributed by atoms with Gasteiger partial charge in [-0.1, -0.05) is 66.7 Å². The maximum atomic E-state index is 14.6. The average Bonchev–Trinajstić information content (AvgIpc) is 3.35. The first-order valence-corrected chi connectivity index (χ1v) is 12.0. The number of para-hydroxylation sites is 1. The Labute approximate surface area is 214 Å². The van der Waals surface area contributed by atoms with Gasteiger partial charge in [-0.25, -0.2) is 4.39 Å². The Morgan fingerprint density at radius 1 is 1.03 bits per heavy atom. The molecule has 2 heterocycles. The van der Waals surface area contributed by atoms with Gasteiger partial charge in [-0.15, -0.1) is 0 Å². The number of amides is 2. The number of hydrogen-bond donors (Lipinski definition) is 1. The Morgan fingerprint density at radius 3 is 2.43 bits per heavy atom. The number of nitrogens with one attached hydrogen (secondary N) is 1. The third-order valence-corrected chi connectivity index (χ3v) is 6.77. The molecule has 188 valence electrons. The van der Waals surface area contributed by atoms with Gasteiger partial charge in [-0.3, -0.25) is 14.3 Å². The van der Waals surface area contributed by atoms with Crippen LogP contribution in [0.3, 0.4) is 0 Å². The van der Waals surface area contributed by atoms with Gasteiger partial charge in [-0.05, 0) is 25.1 Å². The highest BCUT2D eigenvalue weighted by molar-refractivity contribution is 6.00. The zero-order valence-electron chi connectivity index (χ0n) is 20.6. The van der Waals surface area contributed by atoms with Crippen LogP contribution >= 0.6 is 0 Å². The molecule has 7 nitrogen and oxygen atoms in total. The summed E-state index contributed by atoms with van der Waals surface area (Å²) < 4.78 is 21.6. The average molecular weight is 499 g/mol. The standard InChI is InChI=1S/C29H27FN4O3/c1-29(28(36)31-17-21-12-7-9-15-26(21)37-2)19-34-25(16-24(32-34)20-10-4-3-5-11-20)27(35)33(29)18-22-13-6-8-14-23(22)30/h3-16H,17-19H2,1-2H3,(H,31,36)/t29-/m1/s1. The first-order chi connectivity index (χ1) is 17.9. The zero-order valence-corrected chi connectivity index (χ0v) is 20.6. The van der Waals surface area contributed by atoms with Crippen LogP contribution in [0, 0.1) is 5.82 Å². The van der Waals surface area contributed by atoms with Crippen molar-refractivity contribution in [3.8, 4) is 17.0 Å². The van der Waals surface area contributed by atoms with Gasteiger partial charge in [0.1, 0.15) is 22.8 Å². The van der Waals surface area contributed by atoms with Crippen LogP contribution in [0.2, 0.25) is 0 Å². The van der Waals surface area contributed by atoms with Crippen LogP contribution in [0.4, 0.5) is 4.39 Å². The van der Waals surface area contributed by atoms with E-state index in [9.17, 15) is 14.0 Å². The van der Waals surface area contributed by atoms with E-state index in [1.165, 1.54) is 11.0 Å². The Bertz CT molecular complexity index is 1450. The minimum absolute atomic E-state index is 0.0596. The topological polar surface area (TPSA) is 76.5 Å². The van der Waals surface area contributed by atoms with E-state index in [0.717, 1.165) is 11.1 Å². The highest BCUT2D eigenvalue weighted by Gasteiger charge is 2.48. The monoisotopic (exact) mass is 498 g/mol. The Morgan fingerprint density at radius 2 is 1.70 bits per heavy atom. The number of carbonyl (C=O) groups excluding carboxylic acids is 2. The minimum Gasteiger partial charge on any atom is -0.496 e. The van der Waals surface area contributed by atoms with Crippen molar-refractivity contribution in [1.29, 1.82) is 0 Å². The van der Waals surface area contributed by atoms with Gasteiger partial charge in [-0.2, -0.15) is 5.10 Å². The Kier molecular flexibility index (Phi) is 6.48. The number of halogens is 1. The lowest BCUT2D eigenvalue weighted by molar-refractivity contribution is -0.133. The maximum absolute atomic E-state index is 14.6. The molecule has 1 atom stereocenters. The third kappa shape index (κ3) is 4.58. The van der Waals surface area contributed by atoms with Crippen LogP contribution in [0.25, 0.3) is 11.3 Å². The number of methoxy groups -OCH3 is 1. The van der Waals surface area contributed by atoms with E-state index in [1.807, 2.05) is 54.6 Å². The number of carbonyl (C=O) groups is 2. The molecule has 0 aliphatic carbocycles. The van der Waals surface area contributed by atoms with Crippen molar-refractivity contribution >= 4 is 11.8 Å². The molecule has 0 spiro atoms. The summed E-state index contributed by atoms with van der Waals surface area (Å²) in [4.78, 5) is 29.0. The molecular formula is C29H27FN4O3. The summed E-state index contributed by atoms with van der Waals surface area (Å²) in [5.74, 6) is -0.543. The fourth-order valence-corrected chi connectivity index (χ4v) is 4.65. The van der Waals surface area contributed by atoms with Crippen molar-refractivity contribution < 1.29 is 18.7 Å². The molecule has 1 N–H and O–H groups in total. The molecule has 0 fully saturated rings. The summed E-state index contributed by atoms with van der Waals surface area (Å²) in [6.45, 7) is 1.96. The second-order valence-electron chi connectivity index (χ2n) is 9.19. The first kappa shape index (κ1) is 24.2. The summed E-state index contributed by atoms with van der Waals surface area (Å²) in [5.41, 5.74) is 1.65. The summed E-state index contributed by atoms with van der Waals surface area (Å²) in [6.07, 6.45) is 0. The number of nitrogens with zero attached hydrogens (tertiary/aromatic N) is 3. The van der Waals surface area contributed by atoms with Gasteiger partial charge in [0.15, 0.2) is 0 Å². The minimum atomic E-state index is -1.33. The second-order valence-corrected chi connectivity index (χ2v) is 9.19. The molecule has 4 aromatic rings. The number of aromatic nitrogens is 2. The molecule has 1 aliphatic rings. The second kappa shape index (κ2) is 9.89. The molecule has 5 rings (SSSR count). The normalized spacial score (nSPS) is 16.8. The maximum Gasteiger partial charge on any atom is 0.273 e. The Hall–Kier alpha value is -4.46. The molecule has 0 unspecified atom stereocenters. The molecule has 0 radical (unpaired) electrons. The van der Waals surface area contributed by atoms with Crippen LogP contribution < -0.4 is 10.1 Å². The number of ether oxygens (including phenoxy) is 1. The summed E-state index contributed by atoms with van der Waals surface area (Å²) in [5, 5.41) is 7.61. The van der Waals surface area contributed by atoms with Gasteiger partial charge >= 0.3 is 0 Å². The zero-order chi connectivity index (χ0) is 26.0. The lowest BCUT2D eigenvalue weighted by Crippen LogP contribution is -2.63. The van der Waals surface area contributed by atoms with E-state index < -0.39 is 11.4 Å². The highest BCUT2D eigenvalue weighted by Crippen LogP contribution is 2.32. The predicted octanol–water partition coefficient (Wildman–Crippen LogP) is 4.43. The van der Waals surface area contributed by atoms with Crippen molar-refractivity contribution in [3.63, 3.8) is 0 Å². The van der Waals surface area contributed by atoms with Crippen molar-refractivity contribution in [2.24, 2.45) is 0 Å². The van der Waals surface area contributed by atoms with E-state index >= 15 is 0 Å². The molecule has 0 bridgehead atoms. The van der Waals surface area contributed by atoms with Crippen LogP contribution in [-0.4, -0.2) is 39.1 Å². The van der Waals surface area contributed by atoms with Crippen LogP contribution in [-0.2, 0) is 24.4 Å². The van der Waals surface area contributed by atoms with Gasteiger partial charge in [0.05, 0.1) is 25.9 Å². The summed E-state index contributed by atoms with van der Waals surface area (Å²) >= 11 is 0. The number of fused-ring (bicyclic) bond motifs is 1.